The second-order valence-electron chi connectivity index (χ2n) is 5.45. The number of aliphatic hydroxyl groups excluding tert-OH is 1. The Bertz CT molecular complexity index is 602. The van der Waals surface area contributed by atoms with Crippen LogP contribution in [0, 0.1) is 0 Å². The lowest BCUT2D eigenvalue weighted by Gasteiger charge is -2.34. The van der Waals surface area contributed by atoms with Gasteiger partial charge in [-0.25, -0.2) is 4.98 Å². The zero-order valence-electron chi connectivity index (χ0n) is 12.4. The van der Waals surface area contributed by atoms with E-state index in [0.717, 1.165) is 25.3 Å². The molecule has 0 atom stereocenters. The minimum absolute atomic E-state index is 0.177. The molecule has 116 valence electrons. The highest BCUT2D eigenvalue weighted by atomic mass is 16.3. The molecule has 22 heavy (non-hydrogen) atoms. The summed E-state index contributed by atoms with van der Waals surface area (Å²) in [5.74, 6) is -0.177. The van der Waals surface area contributed by atoms with E-state index in [1.54, 1.807) is 17.4 Å². The normalized spacial score (nSPS) is 16.0. The molecule has 0 aliphatic carbocycles. The average Bonchev–Trinajstić information content (AvgIpc) is 3.10. The van der Waals surface area contributed by atoms with Crippen LogP contribution in [-0.4, -0.2) is 63.2 Å². The van der Waals surface area contributed by atoms with Crippen LogP contribution in [0.5, 0.6) is 0 Å². The minimum Gasteiger partial charge on any atom is -0.387 e. The van der Waals surface area contributed by atoms with Crippen LogP contribution < -0.4 is 0 Å². The highest BCUT2D eigenvalue weighted by molar-refractivity contribution is 5.77. The number of piperazine rings is 1. The minimum atomic E-state index is -0.393. The van der Waals surface area contributed by atoms with Gasteiger partial charge in [0, 0.05) is 50.8 Å². The van der Waals surface area contributed by atoms with Crippen LogP contribution in [0.2, 0.25) is 0 Å². The smallest absolute Gasteiger partial charge is 0.248 e. The Labute approximate surface area is 129 Å². The number of hydrogen-bond donors (Lipinski definition) is 1. The molecule has 1 aliphatic heterocycles. The first-order valence-corrected chi connectivity index (χ1v) is 7.44. The Morgan fingerprint density at radius 3 is 2.45 bits per heavy atom. The Kier molecular flexibility index (Phi) is 4.50. The van der Waals surface area contributed by atoms with Gasteiger partial charge in [0.1, 0.15) is 6.61 Å². The Morgan fingerprint density at radius 2 is 1.86 bits per heavy atom. The van der Waals surface area contributed by atoms with E-state index in [4.69, 9.17) is 5.11 Å². The van der Waals surface area contributed by atoms with Gasteiger partial charge in [0.2, 0.25) is 5.91 Å². The van der Waals surface area contributed by atoms with Gasteiger partial charge in [0.15, 0.2) is 0 Å². The second kappa shape index (κ2) is 6.72. The molecule has 1 amide bonds. The molecule has 0 bridgehead atoms. The van der Waals surface area contributed by atoms with Crippen molar-refractivity contribution in [2.45, 2.75) is 6.54 Å². The molecule has 1 aromatic heterocycles. The molecule has 1 aromatic carbocycles. The Morgan fingerprint density at radius 1 is 1.14 bits per heavy atom. The van der Waals surface area contributed by atoms with Crippen LogP contribution in [0.15, 0.2) is 43.0 Å². The number of amides is 1. The first-order valence-electron chi connectivity index (χ1n) is 7.44. The summed E-state index contributed by atoms with van der Waals surface area (Å²) >= 11 is 0. The van der Waals surface area contributed by atoms with Crippen LogP contribution in [0.1, 0.15) is 5.56 Å². The number of hydrogen-bond acceptors (Lipinski definition) is 4. The second-order valence-corrected chi connectivity index (χ2v) is 5.45. The number of carbonyl (C=O) groups is 1. The van der Waals surface area contributed by atoms with Gasteiger partial charge in [-0.05, 0) is 17.7 Å². The summed E-state index contributed by atoms with van der Waals surface area (Å²) in [7, 11) is 0. The van der Waals surface area contributed by atoms with Crippen molar-refractivity contribution in [2.24, 2.45) is 0 Å². The number of nitrogens with zero attached hydrogens (tertiary/aromatic N) is 4. The first kappa shape index (κ1) is 14.7. The summed E-state index contributed by atoms with van der Waals surface area (Å²) < 4.78 is 1.98. The quantitative estimate of drug-likeness (QED) is 0.894. The van der Waals surface area contributed by atoms with Crippen molar-refractivity contribution >= 4 is 5.91 Å². The molecule has 6 heteroatoms. The molecular formula is C16H20N4O2. The van der Waals surface area contributed by atoms with E-state index in [-0.39, 0.29) is 5.91 Å². The van der Waals surface area contributed by atoms with Crippen molar-refractivity contribution in [1.82, 2.24) is 19.4 Å². The van der Waals surface area contributed by atoms with E-state index in [1.807, 2.05) is 10.8 Å². The van der Waals surface area contributed by atoms with Crippen molar-refractivity contribution < 1.29 is 9.90 Å². The lowest BCUT2D eigenvalue weighted by atomic mass is 10.1. The molecule has 0 saturated carbocycles. The summed E-state index contributed by atoms with van der Waals surface area (Å²) in [5, 5.41) is 8.88. The Hall–Kier alpha value is -2.18. The molecule has 1 saturated heterocycles. The van der Waals surface area contributed by atoms with E-state index < -0.39 is 6.61 Å². The van der Waals surface area contributed by atoms with Gasteiger partial charge in [0.25, 0.3) is 0 Å². The maximum atomic E-state index is 11.4. The summed E-state index contributed by atoms with van der Waals surface area (Å²) in [6.07, 6.45) is 5.47. The zero-order chi connectivity index (χ0) is 15.4. The predicted molar refractivity (Wildman–Crippen MR) is 82.5 cm³/mol. The first-order chi connectivity index (χ1) is 10.8. The summed E-state index contributed by atoms with van der Waals surface area (Å²) in [5.41, 5.74) is 2.35. The highest BCUT2D eigenvalue weighted by Gasteiger charge is 2.20. The zero-order valence-corrected chi connectivity index (χ0v) is 12.4. The van der Waals surface area contributed by atoms with Crippen molar-refractivity contribution in [3.63, 3.8) is 0 Å². The SMILES string of the molecule is O=C(CO)N1CCN(Cc2ccc(-n3ccnc3)cc2)CC1. The van der Waals surface area contributed by atoms with Crippen molar-refractivity contribution in [3.8, 4) is 5.69 Å². The van der Waals surface area contributed by atoms with Gasteiger partial charge in [-0.1, -0.05) is 12.1 Å². The molecular weight excluding hydrogens is 280 g/mol. The summed E-state index contributed by atoms with van der Waals surface area (Å²) in [4.78, 5) is 19.5. The molecule has 2 aromatic rings. The fourth-order valence-corrected chi connectivity index (χ4v) is 2.70. The number of aliphatic hydroxyl groups is 1. The predicted octanol–water partition coefficient (Wildman–Crippen LogP) is 0.509. The molecule has 1 N–H and O–H groups in total. The Balaban J connectivity index is 1.55. The van der Waals surface area contributed by atoms with Crippen molar-refractivity contribution in [2.75, 3.05) is 32.8 Å². The fraction of sp³-hybridized carbons (Fsp3) is 0.375. The average molecular weight is 300 g/mol. The number of imidazole rings is 1. The molecule has 0 spiro atoms. The third-order valence-corrected chi connectivity index (χ3v) is 4.01. The van der Waals surface area contributed by atoms with Crippen LogP contribution in [0.4, 0.5) is 0 Å². The fourth-order valence-electron chi connectivity index (χ4n) is 2.70. The van der Waals surface area contributed by atoms with Crippen LogP contribution in [-0.2, 0) is 11.3 Å². The number of aromatic nitrogens is 2. The largest absolute Gasteiger partial charge is 0.387 e. The van der Waals surface area contributed by atoms with Crippen LogP contribution >= 0.6 is 0 Å². The topological polar surface area (TPSA) is 61.6 Å². The van der Waals surface area contributed by atoms with E-state index in [0.29, 0.717) is 13.1 Å². The van der Waals surface area contributed by atoms with Gasteiger partial charge in [0.05, 0.1) is 6.33 Å². The van der Waals surface area contributed by atoms with Gasteiger partial charge < -0.3 is 14.6 Å². The summed E-state index contributed by atoms with van der Waals surface area (Å²) in [6, 6.07) is 8.42. The molecule has 1 aliphatic rings. The number of benzene rings is 1. The molecule has 3 rings (SSSR count). The number of rotatable bonds is 4. The van der Waals surface area contributed by atoms with Crippen molar-refractivity contribution in [3.05, 3.63) is 48.5 Å². The van der Waals surface area contributed by atoms with E-state index in [9.17, 15) is 4.79 Å². The maximum Gasteiger partial charge on any atom is 0.248 e. The molecule has 1 fully saturated rings. The van der Waals surface area contributed by atoms with Gasteiger partial charge in [-0.2, -0.15) is 0 Å². The monoisotopic (exact) mass is 300 g/mol. The highest BCUT2D eigenvalue weighted by Crippen LogP contribution is 2.12. The van der Waals surface area contributed by atoms with Crippen LogP contribution in [0.25, 0.3) is 5.69 Å². The van der Waals surface area contributed by atoms with Gasteiger partial charge in [-0.15, -0.1) is 0 Å². The number of carbonyl (C=O) groups excluding carboxylic acids is 1. The third-order valence-electron chi connectivity index (χ3n) is 4.01. The van der Waals surface area contributed by atoms with Gasteiger partial charge in [-0.3, -0.25) is 9.69 Å². The molecule has 0 unspecified atom stereocenters. The standard InChI is InChI=1S/C16H20N4O2/c21-12-16(22)19-9-7-18(8-10-19)11-14-1-3-15(4-2-14)20-6-5-17-13-20/h1-6,13,21H,7-12H2. The lowest BCUT2D eigenvalue weighted by Crippen LogP contribution is -2.49. The lowest BCUT2D eigenvalue weighted by molar-refractivity contribution is -0.135. The molecule has 6 nitrogen and oxygen atoms in total. The van der Waals surface area contributed by atoms with Crippen LogP contribution in [0.3, 0.4) is 0 Å². The third kappa shape index (κ3) is 3.35. The van der Waals surface area contributed by atoms with E-state index in [2.05, 4.69) is 34.1 Å². The maximum absolute atomic E-state index is 11.4. The van der Waals surface area contributed by atoms with Crippen molar-refractivity contribution in [1.29, 1.82) is 0 Å². The van der Waals surface area contributed by atoms with Gasteiger partial charge >= 0.3 is 0 Å². The molecule has 2 heterocycles. The molecule has 0 radical (unpaired) electrons. The van der Waals surface area contributed by atoms with E-state index >= 15 is 0 Å². The summed E-state index contributed by atoms with van der Waals surface area (Å²) in [6.45, 7) is 3.55. The van der Waals surface area contributed by atoms with E-state index in [1.165, 1.54) is 5.56 Å².